The van der Waals surface area contributed by atoms with Crippen LogP contribution >= 0.6 is 24.0 Å². The van der Waals surface area contributed by atoms with E-state index in [9.17, 15) is 18.0 Å². The number of carbonyl (C=O) groups excluding carboxylic acids is 1. The lowest BCUT2D eigenvalue weighted by atomic mass is 10.1. The Morgan fingerprint density at radius 1 is 1.21 bits per heavy atom. The molecule has 1 aromatic heterocycles. The van der Waals surface area contributed by atoms with E-state index in [-0.39, 0.29) is 52.4 Å². The summed E-state index contributed by atoms with van der Waals surface area (Å²) in [6, 6.07) is 8.31. The Bertz CT molecular complexity index is 1410. The molecular formula is C25H23Cl2F3N6O3. The molecule has 2 bridgehead atoms. The number of benzene rings is 2. The van der Waals surface area contributed by atoms with Crippen molar-refractivity contribution in [3.05, 3.63) is 58.9 Å². The van der Waals surface area contributed by atoms with E-state index in [1.54, 1.807) is 6.07 Å². The summed E-state index contributed by atoms with van der Waals surface area (Å²) in [5, 5.41) is 9.21. The third-order valence-corrected chi connectivity index (χ3v) is 7.02. The molecule has 6 rings (SSSR count). The van der Waals surface area contributed by atoms with Crippen LogP contribution in [0.25, 0.3) is 0 Å². The average molecular weight is 583 g/mol. The van der Waals surface area contributed by atoms with E-state index in [1.165, 1.54) is 24.5 Å². The molecule has 2 fully saturated rings. The monoisotopic (exact) mass is 582 g/mol. The van der Waals surface area contributed by atoms with Gasteiger partial charge in [-0.25, -0.2) is 4.98 Å². The molecular weight excluding hydrogens is 560 g/mol. The van der Waals surface area contributed by atoms with E-state index in [0.717, 1.165) is 18.6 Å². The highest BCUT2D eigenvalue weighted by Gasteiger charge is 2.39. The lowest BCUT2D eigenvalue weighted by Crippen LogP contribution is -2.43. The number of ether oxygens (including phenoxy) is 2. The first kappa shape index (κ1) is 27.1. The van der Waals surface area contributed by atoms with Gasteiger partial charge in [-0.1, -0.05) is 11.6 Å². The quantitative estimate of drug-likeness (QED) is 0.388. The van der Waals surface area contributed by atoms with E-state index in [4.69, 9.17) is 21.1 Å². The number of nitrogens with one attached hydrogen (secondary N) is 3. The predicted molar refractivity (Wildman–Crippen MR) is 142 cm³/mol. The minimum absolute atomic E-state index is 0. The molecule has 206 valence electrons. The number of rotatable bonds is 5. The fraction of sp³-hybridized carbons (Fsp3) is 0.320. The molecule has 0 aliphatic carbocycles. The van der Waals surface area contributed by atoms with Gasteiger partial charge in [0.2, 0.25) is 5.75 Å². The molecule has 1 amide bonds. The van der Waals surface area contributed by atoms with Gasteiger partial charge in [0.25, 0.3) is 11.8 Å². The van der Waals surface area contributed by atoms with Crippen molar-refractivity contribution in [2.24, 2.45) is 0 Å². The smallest absolute Gasteiger partial charge is 0.416 e. The highest BCUT2D eigenvalue weighted by Crippen LogP contribution is 2.40. The number of nitrogens with zero attached hydrogens (tertiary/aromatic N) is 3. The van der Waals surface area contributed by atoms with Crippen LogP contribution in [-0.4, -0.2) is 54.2 Å². The van der Waals surface area contributed by atoms with Crippen LogP contribution in [0.4, 0.5) is 30.4 Å². The molecule has 0 spiro atoms. The number of hydrogen-bond acceptors (Lipinski definition) is 8. The van der Waals surface area contributed by atoms with Crippen molar-refractivity contribution in [3.63, 3.8) is 0 Å². The van der Waals surface area contributed by atoms with Gasteiger partial charge in [-0.3, -0.25) is 4.79 Å². The summed E-state index contributed by atoms with van der Waals surface area (Å²) in [7, 11) is 0. The van der Waals surface area contributed by atoms with Gasteiger partial charge in [0.05, 0.1) is 17.1 Å². The lowest BCUT2D eigenvalue weighted by molar-refractivity contribution is -0.137. The third kappa shape index (κ3) is 5.49. The fourth-order valence-electron chi connectivity index (χ4n) is 4.93. The standard InChI is InChI=1S/C25H22ClF3N6O3.ClH/c26-19-2-1-13(5-20(19)38-24-21-22(32-12-33-24)30-3-4-37-21)23(36)34-15-6-14(25(27,28)29)7-17(8-15)35-11-16-9-18(35)10-31-16;/h1-2,5-8,12,16,18,31H,3-4,9-11H2,(H,34,36)(H,30,32,33);1H/t16-,18-;/m0./s1. The number of halogens is 5. The van der Waals surface area contributed by atoms with Gasteiger partial charge in [-0.05, 0) is 42.8 Å². The molecule has 0 unspecified atom stereocenters. The van der Waals surface area contributed by atoms with Crippen molar-refractivity contribution in [1.29, 1.82) is 0 Å². The normalized spacial score (nSPS) is 19.4. The van der Waals surface area contributed by atoms with Crippen LogP contribution in [0.1, 0.15) is 22.3 Å². The molecule has 3 aromatic rings. The fourth-order valence-corrected chi connectivity index (χ4v) is 5.09. The Hall–Kier alpha value is -3.48. The zero-order valence-corrected chi connectivity index (χ0v) is 21.8. The van der Waals surface area contributed by atoms with Gasteiger partial charge in [-0.2, -0.15) is 18.2 Å². The number of aromatic nitrogens is 2. The Balaban J connectivity index is 0.00000308. The van der Waals surface area contributed by atoms with Crippen LogP contribution in [0.5, 0.6) is 17.4 Å². The molecule has 0 radical (unpaired) electrons. The maximum atomic E-state index is 13.7. The maximum Gasteiger partial charge on any atom is 0.416 e. The van der Waals surface area contributed by atoms with Crippen molar-refractivity contribution in [3.8, 4) is 17.4 Å². The number of carbonyl (C=O) groups is 1. The summed E-state index contributed by atoms with van der Waals surface area (Å²) in [6.07, 6.45) is -2.39. The summed E-state index contributed by atoms with van der Waals surface area (Å²) in [5.74, 6) is 0.392. The van der Waals surface area contributed by atoms with Crippen LogP contribution < -0.4 is 30.3 Å². The lowest BCUT2D eigenvalue weighted by Gasteiger charge is -2.30. The number of fused-ring (bicyclic) bond motifs is 3. The van der Waals surface area contributed by atoms with E-state index >= 15 is 0 Å². The first-order valence-corrected chi connectivity index (χ1v) is 12.3. The highest BCUT2D eigenvalue weighted by atomic mass is 35.5. The second-order valence-electron chi connectivity index (χ2n) is 9.25. The Morgan fingerprint density at radius 3 is 2.79 bits per heavy atom. The van der Waals surface area contributed by atoms with Crippen molar-refractivity contribution in [1.82, 2.24) is 15.3 Å². The largest absolute Gasteiger partial charge is 0.483 e. The second kappa shape index (κ2) is 10.6. The molecule has 4 heterocycles. The molecule has 2 saturated heterocycles. The molecule has 9 nitrogen and oxygen atoms in total. The van der Waals surface area contributed by atoms with E-state index in [1.807, 2.05) is 4.90 Å². The number of amides is 1. The van der Waals surface area contributed by atoms with Crippen LogP contribution in [0.3, 0.4) is 0 Å². The van der Waals surface area contributed by atoms with Gasteiger partial charge in [0.15, 0.2) is 5.82 Å². The first-order valence-electron chi connectivity index (χ1n) is 12.0. The second-order valence-corrected chi connectivity index (χ2v) is 9.65. The van der Waals surface area contributed by atoms with E-state index in [2.05, 4.69) is 25.9 Å². The van der Waals surface area contributed by atoms with Crippen molar-refractivity contribution in [2.75, 3.05) is 41.8 Å². The van der Waals surface area contributed by atoms with Gasteiger partial charge < -0.3 is 30.3 Å². The third-order valence-electron chi connectivity index (χ3n) is 6.70. The number of alkyl halides is 3. The number of hydrogen-bond donors (Lipinski definition) is 3. The highest BCUT2D eigenvalue weighted by molar-refractivity contribution is 6.32. The Kier molecular flexibility index (Phi) is 7.36. The van der Waals surface area contributed by atoms with Crippen LogP contribution in [-0.2, 0) is 6.18 Å². The zero-order chi connectivity index (χ0) is 26.4. The van der Waals surface area contributed by atoms with Gasteiger partial charge in [0, 0.05) is 42.1 Å². The maximum absolute atomic E-state index is 13.7. The van der Waals surface area contributed by atoms with E-state index in [0.29, 0.717) is 43.5 Å². The molecule has 3 aliphatic rings. The van der Waals surface area contributed by atoms with Crippen LogP contribution in [0, 0.1) is 0 Å². The van der Waals surface area contributed by atoms with Crippen molar-refractivity contribution >= 4 is 47.1 Å². The molecule has 14 heteroatoms. The number of piperazine rings is 1. The van der Waals surface area contributed by atoms with Crippen LogP contribution in [0.2, 0.25) is 5.02 Å². The summed E-state index contributed by atoms with van der Waals surface area (Å²) < 4.78 is 52.6. The molecule has 2 atom stereocenters. The summed E-state index contributed by atoms with van der Waals surface area (Å²) in [4.78, 5) is 23.3. The molecule has 2 aromatic carbocycles. The van der Waals surface area contributed by atoms with Gasteiger partial charge in [-0.15, -0.1) is 12.4 Å². The van der Waals surface area contributed by atoms with Crippen molar-refractivity contribution in [2.45, 2.75) is 24.7 Å². The minimum Gasteiger partial charge on any atom is -0.483 e. The van der Waals surface area contributed by atoms with E-state index < -0.39 is 17.6 Å². The number of anilines is 3. The summed E-state index contributed by atoms with van der Waals surface area (Å²) >= 11 is 6.30. The van der Waals surface area contributed by atoms with Gasteiger partial charge in [0.1, 0.15) is 18.7 Å². The zero-order valence-electron chi connectivity index (χ0n) is 20.2. The minimum atomic E-state index is -4.57. The van der Waals surface area contributed by atoms with Gasteiger partial charge >= 0.3 is 6.18 Å². The van der Waals surface area contributed by atoms with Crippen molar-refractivity contribution < 1.29 is 27.4 Å². The Labute approximate surface area is 232 Å². The average Bonchev–Trinajstić information content (AvgIpc) is 3.54. The predicted octanol–water partition coefficient (Wildman–Crippen LogP) is 4.97. The molecule has 39 heavy (non-hydrogen) atoms. The van der Waals surface area contributed by atoms with Crippen LogP contribution in [0.15, 0.2) is 42.7 Å². The summed E-state index contributed by atoms with van der Waals surface area (Å²) in [5.41, 5.74) is -0.234. The SMILES string of the molecule is Cl.O=C(Nc1cc(N2C[C@@H]3C[C@H]2CN3)cc(C(F)(F)F)c1)c1ccc(Cl)c(Oc2ncnc3c2OCCN3)c1. The molecule has 3 aliphatic heterocycles. The Morgan fingerprint density at radius 2 is 2.05 bits per heavy atom. The molecule has 0 saturated carbocycles. The summed E-state index contributed by atoms with van der Waals surface area (Å²) in [6.45, 7) is 2.30. The molecule has 3 N–H and O–H groups in total. The topological polar surface area (TPSA) is 101 Å². The first-order chi connectivity index (χ1) is 18.2.